The predicted octanol–water partition coefficient (Wildman–Crippen LogP) is 6.68. The zero-order valence-corrected chi connectivity index (χ0v) is 18.4. The molecule has 0 spiro atoms. The lowest BCUT2D eigenvalue weighted by atomic mass is 10.1. The Kier molecular flexibility index (Phi) is 7.85. The maximum absolute atomic E-state index is 12.4. The molecular weight excluding hydrogens is 412 g/mol. The van der Waals surface area contributed by atoms with Gasteiger partial charge in [0.05, 0.1) is 16.1 Å². The van der Waals surface area contributed by atoms with Crippen molar-refractivity contribution >= 4 is 23.5 Å². The molecule has 0 atom stereocenters. The zero-order chi connectivity index (χ0) is 22.2. The molecule has 3 rings (SSSR count). The maximum Gasteiger partial charge on any atom is 0.343 e. The van der Waals surface area contributed by atoms with Gasteiger partial charge in [-0.3, -0.25) is 0 Å². The highest BCUT2D eigenvalue weighted by Crippen LogP contribution is 2.30. The molecule has 5 heteroatoms. The second-order valence-corrected chi connectivity index (χ2v) is 7.67. The number of esters is 2. The van der Waals surface area contributed by atoms with Crippen molar-refractivity contribution in [2.24, 2.45) is 0 Å². The van der Waals surface area contributed by atoms with Gasteiger partial charge in [0, 0.05) is 6.07 Å². The summed E-state index contributed by atoms with van der Waals surface area (Å²) in [5, 5.41) is 0.180. The SMILES string of the molecule is CCCc1ccc(C(=O)Oc2ccc(OC(=O)c3ccc(CCC)cc3)c(Cl)c2)cc1. The fourth-order valence-corrected chi connectivity index (χ4v) is 3.35. The van der Waals surface area contributed by atoms with Gasteiger partial charge in [0.1, 0.15) is 11.5 Å². The van der Waals surface area contributed by atoms with Crippen LogP contribution in [0.5, 0.6) is 11.5 Å². The minimum atomic E-state index is -0.498. The first-order valence-corrected chi connectivity index (χ1v) is 10.8. The molecule has 31 heavy (non-hydrogen) atoms. The van der Waals surface area contributed by atoms with Crippen LogP contribution in [0.15, 0.2) is 66.7 Å². The van der Waals surface area contributed by atoms with Gasteiger partial charge in [-0.2, -0.15) is 0 Å². The molecule has 4 nitrogen and oxygen atoms in total. The lowest BCUT2D eigenvalue weighted by Crippen LogP contribution is -2.10. The molecule has 0 fully saturated rings. The van der Waals surface area contributed by atoms with Crippen LogP contribution in [-0.4, -0.2) is 11.9 Å². The molecule has 0 aliphatic heterocycles. The molecule has 0 radical (unpaired) electrons. The largest absolute Gasteiger partial charge is 0.423 e. The Labute approximate surface area is 187 Å². The van der Waals surface area contributed by atoms with Crippen molar-refractivity contribution in [3.05, 3.63) is 94.0 Å². The summed E-state index contributed by atoms with van der Waals surface area (Å²) in [6, 6.07) is 19.2. The Bertz CT molecular complexity index is 1040. The molecule has 3 aromatic rings. The van der Waals surface area contributed by atoms with E-state index in [4.69, 9.17) is 21.1 Å². The van der Waals surface area contributed by atoms with Gasteiger partial charge in [0.15, 0.2) is 0 Å². The average molecular weight is 437 g/mol. The van der Waals surface area contributed by atoms with Gasteiger partial charge in [-0.1, -0.05) is 62.6 Å². The van der Waals surface area contributed by atoms with E-state index in [1.54, 1.807) is 30.3 Å². The standard InChI is InChI=1S/C26H25ClO4/c1-3-5-18-7-11-20(12-8-18)25(28)30-22-15-16-24(23(27)17-22)31-26(29)21-13-9-19(6-4-2)10-14-21/h7-17H,3-6H2,1-2H3. The maximum atomic E-state index is 12.4. The number of halogens is 1. The highest BCUT2D eigenvalue weighted by atomic mass is 35.5. The molecular formula is C26H25ClO4. The second kappa shape index (κ2) is 10.8. The summed E-state index contributed by atoms with van der Waals surface area (Å²) < 4.78 is 10.8. The average Bonchev–Trinajstić information content (AvgIpc) is 2.77. The van der Waals surface area contributed by atoms with Crippen molar-refractivity contribution in [2.75, 3.05) is 0 Å². The Morgan fingerprint density at radius 1 is 0.710 bits per heavy atom. The van der Waals surface area contributed by atoms with Crippen molar-refractivity contribution in [1.29, 1.82) is 0 Å². The first kappa shape index (κ1) is 22.6. The van der Waals surface area contributed by atoms with E-state index in [2.05, 4.69) is 13.8 Å². The fraction of sp³-hybridized carbons (Fsp3) is 0.231. The third kappa shape index (κ3) is 6.19. The molecule has 0 aliphatic carbocycles. The van der Waals surface area contributed by atoms with Crippen molar-refractivity contribution in [1.82, 2.24) is 0 Å². The number of hydrogen-bond acceptors (Lipinski definition) is 4. The molecule has 0 heterocycles. The molecule has 0 saturated carbocycles. The molecule has 160 valence electrons. The molecule has 0 bridgehead atoms. The van der Waals surface area contributed by atoms with E-state index in [1.165, 1.54) is 23.3 Å². The second-order valence-electron chi connectivity index (χ2n) is 7.27. The Morgan fingerprint density at radius 3 is 1.65 bits per heavy atom. The molecule has 0 aromatic heterocycles. The number of aryl methyl sites for hydroxylation is 2. The van der Waals surface area contributed by atoms with Crippen LogP contribution >= 0.6 is 11.6 Å². The minimum Gasteiger partial charge on any atom is -0.423 e. The van der Waals surface area contributed by atoms with Crippen LogP contribution in [0.3, 0.4) is 0 Å². The summed E-state index contributed by atoms with van der Waals surface area (Å²) in [6.45, 7) is 4.21. The van der Waals surface area contributed by atoms with E-state index in [9.17, 15) is 9.59 Å². The smallest absolute Gasteiger partial charge is 0.343 e. The first-order chi connectivity index (χ1) is 15.0. The Hall–Kier alpha value is -3.11. The number of rotatable bonds is 8. The van der Waals surface area contributed by atoms with Crippen LogP contribution in [-0.2, 0) is 12.8 Å². The summed E-state index contributed by atoms with van der Waals surface area (Å²) >= 11 is 6.24. The number of hydrogen-bond donors (Lipinski definition) is 0. The van der Waals surface area contributed by atoms with Crippen LogP contribution in [0.1, 0.15) is 58.5 Å². The van der Waals surface area contributed by atoms with Crippen LogP contribution in [0.25, 0.3) is 0 Å². The van der Waals surface area contributed by atoms with Crippen molar-refractivity contribution in [3.8, 4) is 11.5 Å². The topological polar surface area (TPSA) is 52.6 Å². The fourth-order valence-electron chi connectivity index (χ4n) is 3.14. The summed E-state index contributed by atoms with van der Waals surface area (Å²) in [7, 11) is 0. The molecule has 0 saturated heterocycles. The Balaban J connectivity index is 1.63. The monoisotopic (exact) mass is 436 g/mol. The molecule has 0 amide bonds. The van der Waals surface area contributed by atoms with E-state index < -0.39 is 11.9 Å². The quantitative estimate of drug-likeness (QED) is 0.292. The van der Waals surface area contributed by atoms with Gasteiger partial charge in [-0.15, -0.1) is 0 Å². The highest BCUT2D eigenvalue weighted by molar-refractivity contribution is 6.32. The van der Waals surface area contributed by atoms with E-state index in [-0.39, 0.29) is 16.5 Å². The van der Waals surface area contributed by atoms with Crippen LogP contribution in [0.4, 0.5) is 0 Å². The van der Waals surface area contributed by atoms with E-state index >= 15 is 0 Å². The number of carbonyl (C=O) groups excluding carboxylic acids is 2. The third-order valence-corrected chi connectivity index (χ3v) is 5.07. The number of carbonyl (C=O) groups is 2. The normalized spacial score (nSPS) is 10.5. The van der Waals surface area contributed by atoms with Gasteiger partial charge in [0.2, 0.25) is 0 Å². The molecule has 0 unspecified atom stereocenters. The zero-order valence-electron chi connectivity index (χ0n) is 17.7. The van der Waals surface area contributed by atoms with Crippen LogP contribution in [0.2, 0.25) is 5.02 Å². The molecule has 3 aromatic carbocycles. The van der Waals surface area contributed by atoms with Crippen molar-refractivity contribution in [2.45, 2.75) is 39.5 Å². The predicted molar refractivity (Wildman–Crippen MR) is 122 cm³/mol. The van der Waals surface area contributed by atoms with Gasteiger partial charge in [0.25, 0.3) is 0 Å². The summed E-state index contributed by atoms with van der Waals surface area (Å²) in [5.41, 5.74) is 3.24. The molecule has 0 aliphatic rings. The van der Waals surface area contributed by atoms with E-state index in [1.807, 2.05) is 24.3 Å². The van der Waals surface area contributed by atoms with Gasteiger partial charge >= 0.3 is 11.9 Å². The van der Waals surface area contributed by atoms with Gasteiger partial charge < -0.3 is 9.47 Å². The molecule has 0 N–H and O–H groups in total. The third-order valence-electron chi connectivity index (χ3n) is 4.77. The lowest BCUT2D eigenvalue weighted by molar-refractivity contribution is 0.0719. The first-order valence-electron chi connectivity index (χ1n) is 10.4. The number of benzene rings is 3. The van der Waals surface area contributed by atoms with Crippen LogP contribution in [0, 0.1) is 0 Å². The lowest BCUT2D eigenvalue weighted by Gasteiger charge is -2.09. The van der Waals surface area contributed by atoms with Crippen molar-refractivity contribution in [3.63, 3.8) is 0 Å². The summed E-state index contributed by atoms with van der Waals surface area (Å²) in [6.07, 6.45) is 4.02. The van der Waals surface area contributed by atoms with Gasteiger partial charge in [-0.05, 0) is 60.4 Å². The van der Waals surface area contributed by atoms with E-state index in [0.717, 1.165) is 25.7 Å². The van der Waals surface area contributed by atoms with Crippen molar-refractivity contribution < 1.29 is 19.1 Å². The summed E-state index contributed by atoms with van der Waals surface area (Å²) in [5.74, 6) is -0.498. The highest BCUT2D eigenvalue weighted by Gasteiger charge is 2.14. The number of ether oxygens (including phenoxy) is 2. The summed E-state index contributed by atoms with van der Waals surface area (Å²) in [4.78, 5) is 24.8. The Morgan fingerprint density at radius 2 is 1.19 bits per heavy atom. The van der Waals surface area contributed by atoms with Gasteiger partial charge in [-0.25, -0.2) is 9.59 Å². The van der Waals surface area contributed by atoms with Crippen LogP contribution < -0.4 is 9.47 Å². The van der Waals surface area contributed by atoms with E-state index in [0.29, 0.717) is 11.1 Å². The minimum absolute atomic E-state index is 0.180.